The minimum Gasteiger partial charge on any atom is -0.481 e. The molecule has 0 saturated heterocycles. The third-order valence-electron chi connectivity index (χ3n) is 4.31. The summed E-state index contributed by atoms with van der Waals surface area (Å²) < 4.78 is 0. The predicted octanol–water partition coefficient (Wildman–Crippen LogP) is 1.38. The molecule has 7 heteroatoms. The lowest BCUT2D eigenvalue weighted by Crippen LogP contribution is -2.39. The highest BCUT2D eigenvalue weighted by Gasteiger charge is 2.50. The number of para-hydroxylation sites is 1. The minimum absolute atomic E-state index is 0.121. The number of carbonyl (C=O) groups excluding carboxylic acids is 1. The summed E-state index contributed by atoms with van der Waals surface area (Å²) in [7, 11) is 0. The minimum atomic E-state index is -0.936. The van der Waals surface area contributed by atoms with Crippen molar-refractivity contribution in [1.82, 2.24) is 14.9 Å². The molecule has 1 aliphatic carbocycles. The van der Waals surface area contributed by atoms with E-state index in [-0.39, 0.29) is 24.1 Å². The van der Waals surface area contributed by atoms with Crippen LogP contribution in [0.2, 0.25) is 0 Å². The molecule has 0 aliphatic heterocycles. The Balaban J connectivity index is 1.85. The molecule has 7 nitrogen and oxygen atoms in total. The van der Waals surface area contributed by atoms with Crippen molar-refractivity contribution in [2.45, 2.75) is 32.9 Å². The number of aliphatic carboxylic acids is 1. The van der Waals surface area contributed by atoms with E-state index in [0.29, 0.717) is 23.1 Å². The Morgan fingerprint density at radius 2 is 2.04 bits per heavy atom. The van der Waals surface area contributed by atoms with Crippen LogP contribution in [-0.2, 0) is 16.1 Å². The van der Waals surface area contributed by atoms with Crippen LogP contribution in [0.1, 0.15) is 26.1 Å². The summed E-state index contributed by atoms with van der Waals surface area (Å²) in [6.45, 7) is 3.86. The predicted molar refractivity (Wildman–Crippen MR) is 87.3 cm³/mol. The number of fused-ring (bicyclic) bond motifs is 1. The van der Waals surface area contributed by atoms with Gasteiger partial charge < -0.3 is 15.0 Å². The first-order valence-corrected chi connectivity index (χ1v) is 7.89. The molecule has 1 aromatic heterocycles. The number of nitrogens with one attached hydrogen (secondary N) is 1. The van der Waals surface area contributed by atoms with Crippen molar-refractivity contribution < 1.29 is 14.7 Å². The van der Waals surface area contributed by atoms with Gasteiger partial charge in [-0.15, -0.1) is 0 Å². The third kappa shape index (κ3) is 3.02. The smallest absolute Gasteiger partial charge is 0.307 e. The van der Waals surface area contributed by atoms with Gasteiger partial charge in [0.25, 0.3) is 5.56 Å². The molecular weight excluding hydrogens is 310 g/mol. The summed E-state index contributed by atoms with van der Waals surface area (Å²) in [6, 6.07) is 6.88. The maximum absolute atomic E-state index is 12.6. The van der Waals surface area contributed by atoms with Gasteiger partial charge in [-0.25, -0.2) is 4.98 Å². The van der Waals surface area contributed by atoms with E-state index in [1.807, 2.05) is 13.8 Å². The van der Waals surface area contributed by atoms with Gasteiger partial charge in [-0.1, -0.05) is 12.1 Å². The van der Waals surface area contributed by atoms with Crippen LogP contribution in [0.5, 0.6) is 0 Å². The first-order chi connectivity index (χ1) is 11.4. The Hall–Kier alpha value is -2.70. The largest absolute Gasteiger partial charge is 0.481 e. The van der Waals surface area contributed by atoms with Crippen molar-refractivity contribution in [1.29, 1.82) is 0 Å². The van der Waals surface area contributed by atoms with Crippen LogP contribution in [0, 0.1) is 11.8 Å². The van der Waals surface area contributed by atoms with Gasteiger partial charge in [-0.3, -0.25) is 14.4 Å². The lowest BCUT2D eigenvalue weighted by atomic mass is 10.2. The number of amides is 1. The zero-order valence-electron chi connectivity index (χ0n) is 13.5. The number of carboxylic acid groups (broad SMARTS) is 1. The monoisotopic (exact) mass is 329 g/mol. The molecule has 1 saturated carbocycles. The van der Waals surface area contributed by atoms with E-state index in [1.54, 1.807) is 29.2 Å². The number of hydrogen-bond donors (Lipinski definition) is 2. The Morgan fingerprint density at radius 3 is 2.67 bits per heavy atom. The maximum atomic E-state index is 12.6. The zero-order valence-corrected chi connectivity index (χ0v) is 13.5. The second kappa shape index (κ2) is 6.07. The van der Waals surface area contributed by atoms with Gasteiger partial charge in [0.15, 0.2) is 0 Å². The number of aromatic nitrogens is 2. The van der Waals surface area contributed by atoms with Crippen LogP contribution in [-0.4, -0.2) is 37.9 Å². The number of H-pyrrole nitrogens is 1. The summed E-state index contributed by atoms with van der Waals surface area (Å²) in [4.78, 5) is 44.4. The number of carboxylic acids is 1. The summed E-state index contributed by atoms with van der Waals surface area (Å²) in [5, 5.41) is 9.50. The molecule has 2 aromatic rings. The van der Waals surface area contributed by atoms with Crippen LogP contribution in [0.15, 0.2) is 29.1 Å². The standard InChI is InChI=1S/C17H19N3O4/c1-9(2)20(16(22)11-7-12(11)17(23)24)8-14-18-13-6-4-3-5-10(13)15(21)19-14/h3-6,9,11-12H,7-8H2,1-2H3,(H,23,24)(H,18,19,21). The van der Waals surface area contributed by atoms with E-state index in [2.05, 4.69) is 9.97 Å². The molecule has 1 amide bonds. The molecule has 1 aliphatic rings. The van der Waals surface area contributed by atoms with Gasteiger partial charge in [-0.2, -0.15) is 0 Å². The van der Waals surface area contributed by atoms with Crippen molar-refractivity contribution in [3.8, 4) is 0 Å². The summed E-state index contributed by atoms with van der Waals surface area (Å²) >= 11 is 0. The highest BCUT2D eigenvalue weighted by Crippen LogP contribution is 2.40. The Kier molecular flexibility index (Phi) is 4.09. The van der Waals surface area contributed by atoms with Crippen molar-refractivity contribution in [3.05, 3.63) is 40.4 Å². The van der Waals surface area contributed by atoms with Gasteiger partial charge in [-0.05, 0) is 32.4 Å². The van der Waals surface area contributed by atoms with E-state index in [1.165, 1.54) is 0 Å². The fraction of sp³-hybridized carbons (Fsp3) is 0.412. The van der Waals surface area contributed by atoms with E-state index >= 15 is 0 Å². The topological polar surface area (TPSA) is 103 Å². The average molecular weight is 329 g/mol. The second-order valence-electron chi connectivity index (χ2n) is 6.38. The fourth-order valence-electron chi connectivity index (χ4n) is 2.84. The quantitative estimate of drug-likeness (QED) is 0.862. The van der Waals surface area contributed by atoms with Crippen LogP contribution < -0.4 is 5.56 Å². The lowest BCUT2D eigenvalue weighted by Gasteiger charge is -2.26. The molecule has 2 unspecified atom stereocenters. The van der Waals surface area contributed by atoms with Gasteiger partial charge >= 0.3 is 5.97 Å². The molecule has 0 spiro atoms. The summed E-state index contributed by atoms with van der Waals surface area (Å²) in [5.41, 5.74) is 0.323. The second-order valence-corrected chi connectivity index (χ2v) is 6.38. The average Bonchev–Trinajstić information content (AvgIpc) is 3.32. The van der Waals surface area contributed by atoms with Crippen LogP contribution in [0.25, 0.3) is 10.9 Å². The molecule has 0 bridgehead atoms. The third-order valence-corrected chi connectivity index (χ3v) is 4.31. The van der Waals surface area contributed by atoms with Crippen molar-refractivity contribution >= 4 is 22.8 Å². The number of rotatable bonds is 5. The summed E-state index contributed by atoms with van der Waals surface area (Å²) in [6.07, 6.45) is 0.374. The SMILES string of the molecule is CC(C)N(Cc1nc2ccccc2c(=O)[nH]1)C(=O)C1CC1C(=O)O. The van der Waals surface area contributed by atoms with Gasteiger partial charge in [0.2, 0.25) is 5.91 Å². The van der Waals surface area contributed by atoms with Gasteiger partial charge in [0.05, 0.1) is 29.3 Å². The molecule has 0 radical (unpaired) electrons. The van der Waals surface area contributed by atoms with Crippen LogP contribution in [0.3, 0.4) is 0 Å². The molecule has 1 heterocycles. The first-order valence-electron chi connectivity index (χ1n) is 7.89. The van der Waals surface area contributed by atoms with Gasteiger partial charge in [0.1, 0.15) is 5.82 Å². The molecule has 2 atom stereocenters. The van der Waals surface area contributed by atoms with Crippen LogP contribution in [0.4, 0.5) is 0 Å². The highest BCUT2D eigenvalue weighted by atomic mass is 16.4. The first kappa shape index (κ1) is 16.2. The Labute approximate surface area is 138 Å². The lowest BCUT2D eigenvalue weighted by molar-refractivity contribution is -0.142. The van der Waals surface area contributed by atoms with Crippen molar-refractivity contribution in [2.24, 2.45) is 11.8 Å². The van der Waals surface area contributed by atoms with E-state index in [4.69, 9.17) is 5.11 Å². The van der Waals surface area contributed by atoms with Crippen LogP contribution >= 0.6 is 0 Å². The number of aromatic amines is 1. The van der Waals surface area contributed by atoms with Crippen molar-refractivity contribution in [3.63, 3.8) is 0 Å². The van der Waals surface area contributed by atoms with E-state index in [0.717, 1.165) is 0 Å². The number of benzene rings is 1. The Morgan fingerprint density at radius 1 is 1.33 bits per heavy atom. The summed E-state index contributed by atoms with van der Waals surface area (Å²) in [5.74, 6) is -1.81. The molecule has 1 fully saturated rings. The molecule has 126 valence electrons. The van der Waals surface area contributed by atoms with Crippen molar-refractivity contribution in [2.75, 3.05) is 0 Å². The molecule has 24 heavy (non-hydrogen) atoms. The number of carbonyl (C=O) groups is 2. The maximum Gasteiger partial charge on any atom is 0.307 e. The molecule has 2 N–H and O–H groups in total. The van der Waals surface area contributed by atoms with E-state index < -0.39 is 17.8 Å². The zero-order chi connectivity index (χ0) is 17.4. The fourth-order valence-corrected chi connectivity index (χ4v) is 2.84. The number of nitrogens with zero attached hydrogens (tertiary/aromatic N) is 2. The molecule has 1 aromatic carbocycles. The molecular formula is C17H19N3O4. The Bertz CT molecular complexity index is 858. The molecule has 3 rings (SSSR count). The normalized spacial score (nSPS) is 19.5. The van der Waals surface area contributed by atoms with E-state index in [9.17, 15) is 14.4 Å². The van der Waals surface area contributed by atoms with Gasteiger partial charge in [0, 0.05) is 6.04 Å². The highest BCUT2D eigenvalue weighted by molar-refractivity contribution is 5.89. The number of hydrogen-bond acceptors (Lipinski definition) is 4.